The largest absolute Gasteiger partial charge is 0.441 e. The predicted octanol–water partition coefficient (Wildman–Crippen LogP) is 5.74. The number of benzene rings is 2. The van der Waals surface area contributed by atoms with E-state index in [4.69, 9.17) is 4.74 Å². The van der Waals surface area contributed by atoms with E-state index in [1.54, 1.807) is 25.2 Å². The summed E-state index contributed by atoms with van der Waals surface area (Å²) in [4.78, 5) is 4.56. The Morgan fingerprint density at radius 1 is 1.12 bits per heavy atom. The highest BCUT2D eigenvalue weighted by Crippen LogP contribution is 2.40. The number of hydrogen-bond donors (Lipinski definition) is 1. The molecule has 0 saturated carbocycles. The molecule has 0 fully saturated rings. The first kappa shape index (κ1) is 16.5. The molecule has 0 saturated heterocycles. The van der Waals surface area contributed by atoms with E-state index in [0.717, 1.165) is 29.2 Å². The van der Waals surface area contributed by atoms with Crippen LogP contribution in [-0.2, 0) is 6.42 Å². The SMILES string of the molecule is CCCc1ccc(-c2nc(NC)sc2Oc2ccccc2F)cc1. The van der Waals surface area contributed by atoms with Crippen LogP contribution in [-0.4, -0.2) is 12.0 Å². The van der Waals surface area contributed by atoms with Crippen molar-refractivity contribution in [3.63, 3.8) is 0 Å². The van der Waals surface area contributed by atoms with Gasteiger partial charge < -0.3 is 10.1 Å². The third-order valence-corrected chi connectivity index (χ3v) is 4.57. The highest BCUT2D eigenvalue weighted by atomic mass is 32.1. The minimum atomic E-state index is -0.388. The van der Waals surface area contributed by atoms with Gasteiger partial charge in [-0.1, -0.05) is 61.1 Å². The van der Waals surface area contributed by atoms with E-state index in [0.29, 0.717) is 5.06 Å². The molecule has 1 heterocycles. The van der Waals surface area contributed by atoms with E-state index in [9.17, 15) is 4.39 Å². The second kappa shape index (κ2) is 7.45. The number of para-hydroxylation sites is 1. The van der Waals surface area contributed by atoms with E-state index in [1.165, 1.54) is 23.0 Å². The van der Waals surface area contributed by atoms with Gasteiger partial charge in [0.15, 0.2) is 16.7 Å². The van der Waals surface area contributed by atoms with E-state index in [1.807, 2.05) is 12.1 Å². The lowest BCUT2D eigenvalue weighted by Gasteiger charge is -2.07. The van der Waals surface area contributed by atoms with E-state index in [-0.39, 0.29) is 11.6 Å². The molecule has 0 bridgehead atoms. The first-order chi connectivity index (χ1) is 11.7. The number of aryl methyl sites for hydroxylation is 1. The Morgan fingerprint density at radius 2 is 1.88 bits per heavy atom. The van der Waals surface area contributed by atoms with E-state index >= 15 is 0 Å². The molecule has 1 aromatic heterocycles. The Bertz CT molecular complexity index is 814. The van der Waals surface area contributed by atoms with E-state index < -0.39 is 0 Å². The second-order valence-corrected chi connectivity index (χ2v) is 6.35. The summed E-state index contributed by atoms with van der Waals surface area (Å²) >= 11 is 1.36. The molecular weight excluding hydrogens is 323 g/mol. The summed E-state index contributed by atoms with van der Waals surface area (Å²) in [6.07, 6.45) is 2.17. The maximum Gasteiger partial charge on any atom is 0.210 e. The van der Waals surface area contributed by atoms with Crippen LogP contribution in [0.5, 0.6) is 10.8 Å². The number of aromatic nitrogens is 1. The fourth-order valence-electron chi connectivity index (χ4n) is 2.41. The molecule has 0 amide bonds. The molecule has 0 radical (unpaired) electrons. The van der Waals surface area contributed by atoms with Crippen molar-refractivity contribution in [2.24, 2.45) is 0 Å². The van der Waals surface area contributed by atoms with Crippen LogP contribution < -0.4 is 10.1 Å². The Hall–Kier alpha value is -2.40. The summed E-state index contributed by atoms with van der Waals surface area (Å²) in [6.45, 7) is 2.16. The number of ether oxygens (including phenoxy) is 1. The molecule has 24 heavy (non-hydrogen) atoms. The number of anilines is 1. The van der Waals surface area contributed by atoms with Gasteiger partial charge in [-0.2, -0.15) is 0 Å². The standard InChI is InChI=1S/C19H19FN2OS/c1-3-6-13-9-11-14(12-10-13)17-18(24-19(21-2)22-17)23-16-8-5-4-7-15(16)20/h4-5,7-12H,3,6H2,1-2H3,(H,21,22). The van der Waals surface area contributed by atoms with Gasteiger partial charge in [0.05, 0.1) is 0 Å². The highest BCUT2D eigenvalue weighted by Gasteiger charge is 2.16. The minimum absolute atomic E-state index is 0.202. The van der Waals surface area contributed by atoms with Crippen molar-refractivity contribution >= 4 is 16.5 Å². The van der Waals surface area contributed by atoms with Gasteiger partial charge in [0, 0.05) is 12.6 Å². The van der Waals surface area contributed by atoms with Crippen LogP contribution in [0.2, 0.25) is 0 Å². The molecular formula is C19H19FN2OS. The van der Waals surface area contributed by atoms with Crippen LogP contribution in [0.3, 0.4) is 0 Å². The summed E-state index contributed by atoms with van der Waals surface area (Å²) in [7, 11) is 1.81. The fraction of sp³-hybridized carbons (Fsp3) is 0.211. The molecule has 124 valence electrons. The predicted molar refractivity (Wildman–Crippen MR) is 97.6 cm³/mol. The second-order valence-electron chi connectivity index (χ2n) is 5.38. The summed E-state index contributed by atoms with van der Waals surface area (Å²) in [5.41, 5.74) is 2.97. The zero-order chi connectivity index (χ0) is 16.9. The van der Waals surface area contributed by atoms with Crippen molar-refractivity contribution in [3.8, 4) is 22.1 Å². The molecule has 1 N–H and O–H groups in total. The number of rotatable bonds is 6. The van der Waals surface area contributed by atoms with Gasteiger partial charge in [-0.15, -0.1) is 0 Å². The van der Waals surface area contributed by atoms with Gasteiger partial charge >= 0.3 is 0 Å². The normalized spacial score (nSPS) is 10.6. The quantitative estimate of drug-likeness (QED) is 0.620. The first-order valence-electron chi connectivity index (χ1n) is 7.91. The van der Waals surface area contributed by atoms with Gasteiger partial charge in [0.1, 0.15) is 5.69 Å². The number of halogens is 1. The molecule has 0 unspecified atom stereocenters. The Labute approximate surface area is 145 Å². The van der Waals surface area contributed by atoms with Gasteiger partial charge in [-0.3, -0.25) is 0 Å². The van der Waals surface area contributed by atoms with Crippen molar-refractivity contribution in [3.05, 3.63) is 59.9 Å². The third kappa shape index (κ3) is 3.57. The Balaban J connectivity index is 1.95. The molecule has 3 nitrogen and oxygen atoms in total. The molecule has 0 aliphatic rings. The molecule has 5 heteroatoms. The lowest BCUT2D eigenvalue weighted by molar-refractivity contribution is 0.453. The summed E-state index contributed by atoms with van der Waals surface area (Å²) in [6, 6.07) is 14.7. The lowest BCUT2D eigenvalue weighted by Crippen LogP contribution is -1.90. The maximum absolute atomic E-state index is 13.9. The topological polar surface area (TPSA) is 34.2 Å². The fourth-order valence-corrected chi connectivity index (χ4v) is 3.22. The average molecular weight is 342 g/mol. The average Bonchev–Trinajstić information content (AvgIpc) is 3.01. The molecule has 0 aliphatic heterocycles. The number of hydrogen-bond acceptors (Lipinski definition) is 4. The smallest absolute Gasteiger partial charge is 0.210 e. The lowest BCUT2D eigenvalue weighted by atomic mass is 10.1. The third-order valence-electron chi connectivity index (χ3n) is 3.62. The van der Waals surface area contributed by atoms with Gasteiger partial charge in [0.25, 0.3) is 0 Å². The Kier molecular flexibility index (Phi) is 5.11. The van der Waals surface area contributed by atoms with Crippen molar-refractivity contribution in [2.45, 2.75) is 19.8 Å². The van der Waals surface area contributed by atoms with Gasteiger partial charge in [-0.05, 0) is 24.1 Å². The highest BCUT2D eigenvalue weighted by molar-refractivity contribution is 7.17. The zero-order valence-corrected chi connectivity index (χ0v) is 14.5. The molecule has 0 atom stereocenters. The summed E-state index contributed by atoms with van der Waals surface area (Å²) in [5.74, 6) is -0.186. The monoisotopic (exact) mass is 342 g/mol. The molecule has 3 rings (SSSR count). The molecule has 2 aromatic carbocycles. The van der Waals surface area contributed by atoms with Crippen molar-refractivity contribution in [2.75, 3.05) is 12.4 Å². The van der Waals surface area contributed by atoms with E-state index in [2.05, 4.69) is 29.4 Å². The first-order valence-corrected chi connectivity index (χ1v) is 8.73. The molecule has 0 spiro atoms. The van der Waals surface area contributed by atoms with Crippen LogP contribution in [0.1, 0.15) is 18.9 Å². The van der Waals surface area contributed by atoms with Crippen LogP contribution in [0, 0.1) is 5.82 Å². The number of nitrogens with zero attached hydrogens (tertiary/aromatic N) is 1. The summed E-state index contributed by atoms with van der Waals surface area (Å²) in [5, 5.41) is 4.33. The Morgan fingerprint density at radius 3 is 2.54 bits per heavy atom. The van der Waals surface area contributed by atoms with Gasteiger partial charge in [0.2, 0.25) is 5.06 Å². The van der Waals surface area contributed by atoms with Crippen LogP contribution in [0.4, 0.5) is 9.52 Å². The van der Waals surface area contributed by atoms with Crippen molar-refractivity contribution < 1.29 is 9.13 Å². The number of nitrogens with one attached hydrogen (secondary N) is 1. The van der Waals surface area contributed by atoms with Crippen molar-refractivity contribution in [1.82, 2.24) is 4.98 Å². The summed E-state index contributed by atoms with van der Waals surface area (Å²) < 4.78 is 19.7. The molecule has 0 aliphatic carbocycles. The number of thiazole rings is 1. The van der Waals surface area contributed by atoms with Gasteiger partial charge in [-0.25, -0.2) is 9.37 Å². The minimum Gasteiger partial charge on any atom is -0.441 e. The zero-order valence-electron chi connectivity index (χ0n) is 13.7. The maximum atomic E-state index is 13.9. The van der Waals surface area contributed by atoms with Crippen molar-refractivity contribution in [1.29, 1.82) is 0 Å². The molecule has 3 aromatic rings. The van der Waals surface area contributed by atoms with Crippen LogP contribution in [0.15, 0.2) is 48.5 Å². The van der Waals surface area contributed by atoms with Crippen LogP contribution in [0.25, 0.3) is 11.3 Å². The van der Waals surface area contributed by atoms with Crippen LogP contribution >= 0.6 is 11.3 Å².